The molecular weight excluding hydrogens is 340 g/mol. The second-order valence-corrected chi connectivity index (χ2v) is 7.00. The van der Waals surface area contributed by atoms with Crippen molar-refractivity contribution in [1.82, 2.24) is 4.90 Å². The van der Waals surface area contributed by atoms with Crippen molar-refractivity contribution in [2.24, 2.45) is 0 Å². The van der Waals surface area contributed by atoms with E-state index in [9.17, 15) is 9.59 Å². The Bertz CT molecular complexity index is 786. The number of hydrogen-bond donors (Lipinski definition) is 1. The summed E-state index contributed by atoms with van der Waals surface area (Å²) in [5, 5.41) is 3.22. The molecule has 0 bridgehead atoms. The molecule has 0 aliphatic carbocycles. The van der Waals surface area contributed by atoms with Crippen molar-refractivity contribution in [3.63, 3.8) is 0 Å². The Morgan fingerprint density at radius 2 is 1.56 bits per heavy atom. The number of rotatable bonds is 9. The van der Waals surface area contributed by atoms with Crippen molar-refractivity contribution >= 4 is 17.1 Å². The summed E-state index contributed by atoms with van der Waals surface area (Å²) in [6.45, 7) is 11.3. The predicted molar refractivity (Wildman–Crippen MR) is 113 cm³/mol. The Morgan fingerprint density at radius 1 is 0.926 bits per heavy atom. The van der Waals surface area contributed by atoms with Gasteiger partial charge in [-0.1, -0.05) is 32.0 Å². The SMILES string of the molecule is CCN(CC)CCCNc1c(N2CCN(c3ccccc3)CC2)c(=O)c1=O. The molecular formula is C21H30N4O2. The summed E-state index contributed by atoms with van der Waals surface area (Å²) >= 11 is 0. The molecule has 0 spiro atoms. The molecule has 3 rings (SSSR count). The van der Waals surface area contributed by atoms with Gasteiger partial charge in [0, 0.05) is 38.4 Å². The zero-order chi connectivity index (χ0) is 19.2. The molecule has 1 aliphatic heterocycles. The lowest BCUT2D eigenvalue weighted by Crippen LogP contribution is -2.51. The molecule has 0 amide bonds. The fraction of sp³-hybridized carbons (Fsp3) is 0.524. The second kappa shape index (κ2) is 9.04. The first kappa shape index (κ1) is 19.4. The van der Waals surface area contributed by atoms with Crippen LogP contribution in [0.4, 0.5) is 17.1 Å². The minimum Gasteiger partial charge on any atom is -0.380 e. The smallest absolute Gasteiger partial charge is 0.253 e. The van der Waals surface area contributed by atoms with E-state index in [1.807, 2.05) is 18.2 Å². The quantitative estimate of drug-likeness (QED) is 0.536. The third-order valence-corrected chi connectivity index (χ3v) is 5.45. The first-order valence-electron chi connectivity index (χ1n) is 10.00. The highest BCUT2D eigenvalue weighted by Crippen LogP contribution is 2.23. The topological polar surface area (TPSA) is 55.9 Å². The minimum atomic E-state index is -0.363. The lowest BCUT2D eigenvalue weighted by atomic mass is 10.1. The van der Waals surface area contributed by atoms with Crippen LogP contribution in [0.25, 0.3) is 0 Å². The first-order valence-corrected chi connectivity index (χ1v) is 10.00. The lowest BCUT2D eigenvalue weighted by molar-refractivity contribution is 0.303. The minimum absolute atomic E-state index is 0.339. The normalized spacial score (nSPS) is 14.9. The van der Waals surface area contributed by atoms with Gasteiger partial charge in [-0.3, -0.25) is 9.59 Å². The van der Waals surface area contributed by atoms with E-state index in [0.29, 0.717) is 11.4 Å². The van der Waals surface area contributed by atoms with E-state index >= 15 is 0 Å². The zero-order valence-electron chi connectivity index (χ0n) is 16.4. The molecule has 0 radical (unpaired) electrons. The Kier molecular flexibility index (Phi) is 6.50. The number of benzene rings is 1. The standard InChI is InChI=1S/C21H30N4O2/c1-3-23(4-2)12-8-11-22-18-19(21(27)20(18)26)25-15-13-24(14-16-25)17-9-6-5-7-10-17/h5-7,9-10,22H,3-4,8,11-16H2,1-2H3. The van der Waals surface area contributed by atoms with Crippen LogP contribution in [-0.4, -0.2) is 57.3 Å². The van der Waals surface area contributed by atoms with Gasteiger partial charge in [0.25, 0.3) is 10.9 Å². The summed E-state index contributed by atoms with van der Waals surface area (Å²) in [6, 6.07) is 10.3. The third-order valence-electron chi connectivity index (χ3n) is 5.45. The van der Waals surface area contributed by atoms with E-state index in [4.69, 9.17) is 0 Å². The Morgan fingerprint density at radius 3 is 2.19 bits per heavy atom. The number of nitrogens with one attached hydrogen (secondary N) is 1. The molecule has 2 aromatic rings. The molecule has 6 heteroatoms. The summed E-state index contributed by atoms with van der Waals surface area (Å²) in [7, 11) is 0. The predicted octanol–water partition coefficient (Wildman–Crippen LogP) is 1.75. The number of anilines is 3. The average molecular weight is 370 g/mol. The molecule has 146 valence electrons. The summed E-state index contributed by atoms with van der Waals surface area (Å²) in [5.74, 6) is 0. The molecule has 0 aromatic heterocycles. The molecule has 27 heavy (non-hydrogen) atoms. The molecule has 1 heterocycles. The number of para-hydroxylation sites is 1. The van der Waals surface area contributed by atoms with E-state index in [0.717, 1.165) is 58.8 Å². The van der Waals surface area contributed by atoms with Crippen LogP contribution >= 0.6 is 0 Å². The van der Waals surface area contributed by atoms with Crippen LogP contribution in [0.3, 0.4) is 0 Å². The zero-order valence-corrected chi connectivity index (χ0v) is 16.4. The van der Waals surface area contributed by atoms with Gasteiger partial charge in [-0.25, -0.2) is 0 Å². The van der Waals surface area contributed by atoms with Crippen LogP contribution < -0.4 is 26.0 Å². The van der Waals surface area contributed by atoms with Crippen LogP contribution in [0.1, 0.15) is 20.3 Å². The molecule has 0 saturated carbocycles. The molecule has 6 nitrogen and oxygen atoms in total. The van der Waals surface area contributed by atoms with Crippen molar-refractivity contribution in [3.05, 3.63) is 50.8 Å². The lowest BCUT2D eigenvalue weighted by Gasteiger charge is -2.38. The van der Waals surface area contributed by atoms with E-state index in [2.05, 4.69) is 46.0 Å². The number of nitrogens with zero attached hydrogens (tertiary/aromatic N) is 3. The molecule has 1 saturated heterocycles. The molecule has 1 fully saturated rings. The summed E-state index contributed by atoms with van der Waals surface area (Å²) in [4.78, 5) is 30.9. The highest BCUT2D eigenvalue weighted by atomic mass is 16.2. The van der Waals surface area contributed by atoms with Gasteiger partial charge in [0.05, 0.1) is 0 Å². The highest BCUT2D eigenvalue weighted by molar-refractivity contribution is 5.75. The monoisotopic (exact) mass is 370 g/mol. The van der Waals surface area contributed by atoms with E-state index in [-0.39, 0.29) is 10.9 Å². The van der Waals surface area contributed by atoms with Crippen molar-refractivity contribution in [3.8, 4) is 0 Å². The van der Waals surface area contributed by atoms with Gasteiger partial charge in [-0.2, -0.15) is 0 Å². The van der Waals surface area contributed by atoms with Crippen LogP contribution in [0.15, 0.2) is 39.9 Å². The van der Waals surface area contributed by atoms with Crippen molar-refractivity contribution in [2.45, 2.75) is 20.3 Å². The van der Waals surface area contributed by atoms with Crippen LogP contribution in [0.2, 0.25) is 0 Å². The fourth-order valence-electron chi connectivity index (χ4n) is 3.73. The molecule has 2 aromatic carbocycles. The maximum absolute atomic E-state index is 12.1. The van der Waals surface area contributed by atoms with Gasteiger partial charge in [0.1, 0.15) is 11.4 Å². The van der Waals surface area contributed by atoms with E-state index < -0.39 is 0 Å². The third kappa shape index (κ3) is 4.33. The molecule has 0 atom stereocenters. The first-order chi connectivity index (χ1) is 13.2. The van der Waals surface area contributed by atoms with Gasteiger partial charge in [-0.05, 0) is 38.2 Å². The van der Waals surface area contributed by atoms with E-state index in [1.165, 1.54) is 5.69 Å². The van der Waals surface area contributed by atoms with Gasteiger partial charge in [-0.15, -0.1) is 0 Å². The Hall–Kier alpha value is -2.34. The maximum Gasteiger partial charge on any atom is 0.253 e. The Balaban J connectivity index is 1.55. The highest BCUT2D eigenvalue weighted by Gasteiger charge is 2.28. The van der Waals surface area contributed by atoms with Crippen molar-refractivity contribution < 1.29 is 0 Å². The average Bonchev–Trinajstić information content (AvgIpc) is 2.73. The summed E-state index contributed by atoms with van der Waals surface area (Å²) in [5.41, 5.74) is 1.62. The summed E-state index contributed by atoms with van der Waals surface area (Å²) in [6.07, 6.45) is 0.960. The van der Waals surface area contributed by atoms with Gasteiger partial charge in [0.2, 0.25) is 0 Å². The van der Waals surface area contributed by atoms with Crippen LogP contribution in [0, 0.1) is 0 Å². The number of hydrogen-bond acceptors (Lipinski definition) is 6. The van der Waals surface area contributed by atoms with Gasteiger partial charge in [0.15, 0.2) is 0 Å². The molecule has 0 unspecified atom stereocenters. The largest absolute Gasteiger partial charge is 0.380 e. The molecule has 1 N–H and O–H groups in total. The summed E-state index contributed by atoms with van der Waals surface area (Å²) < 4.78 is 0. The van der Waals surface area contributed by atoms with E-state index in [1.54, 1.807) is 0 Å². The van der Waals surface area contributed by atoms with Gasteiger partial charge >= 0.3 is 0 Å². The van der Waals surface area contributed by atoms with Crippen molar-refractivity contribution in [2.75, 3.05) is 67.5 Å². The van der Waals surface area contributed by atoms with Crippen LogP contribution in [-0.2, 0) is 0 Å². The van der Waals surface area contributed by atoms with Crippen LogP contribution in [0.5, 0.6) is 0 Å². The fourth-order valence-corrected chi connectivity index (χ4v) is 3.73. The number of piperazine rings is 1. The molecule has 1 aliphatic rings. The Labute approximate surface area is 161 Å². The maximum atomic E-state index is 12.1. The second-order valence-electron chi connectivity index (χ2n) is 7.00. The van der Waals surface area contributed by atoms with Gasteiger partial charge < -0.3 is 20.0 Å². The van der Waals surface area contributed by atoms with Crippen molar-refractivity contribution in [1.29, 1.82) is 0 Å².